The van der Waals surface area contributed by atoms with Crippen LogP contribution in [-0.2, 0) is 34.3 Å². The van der Waals surface area contributed by atoms with Crippen molar-refractivity contribution in [1.82, 2.24) is 10.0 Å². The number of carbonyl (C=O) groups excluding carboxylic acids is 1. The van der Waals surface area contributed by atoms with Gasteiger partial charge in [-0.3, -0.25) is 4.79 Å². The quantitative estimate of drug-likeness (QED) is 0.508. The molecule has 7 heteroatoms. The Morgan fingerprint density at radius 2 is 1.52 bits per heavy atom. The number of benzene rings is 3. The Bertz CT molecular complexity index is 1100. The molecule has 31 heavy (non-hydrogen) atoms. The Labute approximate surface area is 183 Å². The second-order valence-corrected chi connectivity index (χ2v) is 8.81. The van der Waals surface area contributed by atoms with E-state index < -0.39 is 10.0 Å². The van der Waals surface area contributed by atoms with Crippen LogP contribution in [0.2, 0.25) is 0 Å². The first-order chi connectivity index (χ1) is 15.0. The summed E-state index contributed by atoms with van der Waals surface area (Å²) >= 11 is 0. The van der Waals surface area contributed by atoms with Gasteiger partial charge >= 0.3 is 0 Å². The molecule has 3 aromatic carbocycles. The van der Waals surface area contributed by atoms with E-state index in [0.29, 0.717) is 19.4 Å². The number of methoxy groups -OCH3 is 1. The first-order valence-corrected chi connectivity index (χ1v) is 11.5. The molecule has 0 bridgehead atoms. The van der Waals surface area contributed by atoms with Crippen molar-refractivity contribution >= 4 is 15.9 Å². The SMILES string of the molecule is COc1ccccc1CNC(=O)CCc1ccc(S(=O)(=O)NCc2ccccc2)cc1. The van der Waals surface area contributed by atoms with Crippen LogP contribution in [0.3, 0.4) is 0 Å². The number of hydrogen-bond donors (Lipinski definition) is 2. The lowest BCUT2D eigenvalue weighted by molar-refractivity contribution is -0.121. The average Bonchev–Trinajstić information content (AvgIpc) is 2.81. The number of para-hydroxylation sites is 1. The Morgan fingerprint density at radius 3 is 2.23 bits per heavy atom. The predicted octanol–water partition coefficient (Wildman–Crippen LogP) is 3.42. The summed E-state index contributed by atoms with van der Waals surface area (Å²) < 4.78 is 32.8. The van der Waals surface area contributed by atoms with Gasteiger partial charge in [0, 0.05) is 25.1 Å². The molecule has 0 saturated heterocycles. The molecule has 3 aromatic rings. The summed E-state index contributed by atoms with van der Waals surface area (Å²) in [6.07, 6.45) is 0.836. The zero-order valence-electron chi connectivity index (χ0n) is 17.4. The van der Waals surface area contributed by atoms with Crippen LogP contribution in [0.5, 0.6) is 5.75 Å². The van der Waals surface area contributed by atoms with Gasteiger partial charge in [0.25, 0.3) is 0 Å². The summed E-state index contributed by atoms with van der Waals surface area (Å²) in [5, 5.41) is 2.89. The molecular formula is C24H26N2O4S. The minimum absolute atomic E-state index is 0.0767. The third kappa shape index (κ3) is 6.67. The molecule has 0 aromatic heterocycles. The van der Waals surface area contributed by atoms with E-state index in [9.17, 15) is 13.2 Å². The maximum atomic E-state index is 12.5. The number of nitrogens with one attached hydrogen (secondary N) is 2. The lowest BCUT2D eigenvalue weighted by Gasteiger charge is -2.10. The molecule has 0 radical (unpaired) electrons. The smallest absolute Gasteiger partial charge is 0.240 e. The van der Waals surface area contributed by atoms with E-state index in [0.717, 1.165) is 22.4 Å². The summed E-state index contributed by atoms with van der Waals surface area (Å²) in [5.74, 6) is 0.660. The molecule has 0 fully saturated rings. The van der Waals surface area contributed by atoms with Gasteiger partial charge in [0.1, 0.15) is 5.75 Å². The minimum atomic E-state index is -3.59. The van der Waals surface area contributed by atoms with Crippen molar-refractivity contribution in [3.63, 3.8) is 0 Å². The third-order valence-electron chi connectivity index (χ3n) is 4.85. The van der Waals surface area contributed by atoms with E-state index in [4.69, 9.17) is 4.74 Å². The van der Waals surface area contributed by atoms with E-state index >= 15 is 0 Å². The van der Waals surface area contributed by atoms with Crippen LogP contribution in [0.1, 0.15) is 23.1 Å². The van der Waals surface area contributed by atoms with Crippen LogP contribution in [0.25, 0.3) is 0 Å². The lowest BCUT2D eigenvalue weighted by atomic mass is 10.1. The van der Waals surface area contributed by atoms with Gasteiger partial charge in [-0.25, -0.2) is 13.1 Å². The molecular weight excluding hydrogens is 412 g/mol. The fourth-order valence-electron chi connectivity index (χ4n) is 3.08. The predicted molar refractivity (Wildman–Crippen MR) is 120 cm³/mol. The number of sulfonamides is 1. The average molecular weight is 439 g/mol. The van der Waals surface area contributed by atoms with Crippen LogP contribution < -0.4 is 14.8 Å². The van der Waals surface area contributed by atoms with Crippen LogP contribution in [0.4, 0.5) is 0 Å². The van der Waals surface area contributed by atoms with Gasteiger partial charge in [-0.15, -0.1) is 0 Å². The lowest BCUT2D eigenvalue weighted by Crippen LogP contribution is -2.23. The van der Waals surface area contributed by atoms with Gasteiger partial charge in [-0.1, -0.05) is 60.7 Å². The highest BCUT2D eigenvalue weighted by Crippen LogP contribution is 2.17. The molecule has 1 amide bonds. The van der Waals surface area contributed by atoms with Crippen molar-refractivity contribution < 1.29 is 17.9 Å². The molecule has 0 aliphatic heterocycles. The molecule has 0 aliphatic rings. The molecule has 3 rings (SSSR count). The number of carbonyl (C=O) groups is 1. The summed E-state index contributed by atoms with van der Waals surface area (Å²) in [6, 6.07) is 23.5. The maximum Gasteiger partial charge on any atom is 0.240 e. The van der Waals surface area contributed by atoms with Crippen molar-refractivity contribution in [2.45, 2.75) is 30.8 Å². The molecule has 0 spiro atoms. The van der Waals surface area contributed by atoms with E-state index in [2.05, 4.69) is 10.0 Å². The number of rotatable bonds is 10. The van der Waals surface area contributed by atoms with E-state index in [1.807, 2.05) is 54.6 Å². The van der Waals surface area contributed by atoms with Gasteiger partial charge in [-0.05, 0) is 35.7 Å². The second kappa shape index (κ2) is 10.7. The minimum Gasteiger partial charge on any atom is -0.496 e. The number of aryl methyl sites for hydroxylation is 1. The summed E-state index contributed by atoms with van der Waals surface area (Å²) in [6.45, 7) is 0.629. The van der Waals surface area contributed by atoms with Crippen molar-refractivity contribution in [3.8, 4) is 5.75 Å². The Kier molecular flexibility index (Phi) is 7.81. The first-order valence-electron chi connectivity index (χ1n) is 9.99. The highest BCUT2D eigenvalue weighted by atomic mass is 32.2. The topological polar surface area (TPSA) is 84.5 Å². The highest BCUT2D eigenvalue weighted by Gasteiger charge is 2.13. The summed E-state index contributed by atoms with van der Waals surface area (Å²) in [7, 11) is -1.99. The molecule has 0 unspecified atom stereocenters. The Hall–Kier alpha value is -3.16. The standard InChI is InChI=1S/C24H26N2O4S/c1-30-23-10-6-5-9-21(23)18-25-24(27)16-13-19-11-14-22(15-12-19)31(28,29)26-17-20-7-3-2-4-8-20/h2-12,14-15,26H,13,16-18H2,1H3,(H,25,27). The molecule has 0 saturated carbocycles. The molecule has 0 aliphatic carbocycles. The fraction of sp³-hybridized carbons (Fsp3) is 0.208. The molecule has 2 N–H and O–H groups in total. The second-order valence-electron chi connectivity index (χ2n) is 7.04. The Morgan fingerprint density at radius 1 is 0.839 bits per heavy atom. The molecule has 0 heterocycles. The largest absolute Gasteiger partial charge is 0.496 e. The van der Waals surface area contributed by atoms with Gasteiger partial charge in [0.05, 0.1) is 12.0 Å². The van der Waals surface area contributed by atoms with Crippen LogP contribution in [-0.4, -0.2) is 21.4 Å². The summed E-state index contributed by atoms with van der Waals surface area (Å²) in [5.41, 5.74) is 2.70. The highest BCUT2D eigenvalue weighted by molar-refractivity contribution is 7.89. The van der Waals surface area contributed by atoms with Gasteiger partial charge in [0.15, 0.2) is 0 Å². The molecule has 162 valence electrons. The monoisotopic (exact) mass is 438 g/mol. The van der Waals surface area contributed by atoms with E-state index in [-0.39, 0.29) is 17.3 Å². The zero-order valence-corrected chi connectivity index (χ0v) is 18.2. The van der Waals surface area contributed by atoms with Gasteiger partial charge in [-0.2, -0.15) is 0 Å². The maximum absolute atomic E-state index is 12.5. The number of amides is 1. The van der Waals surface area contributed by atoms with Crippen molar-refractivity contribution in [1.29, 1.82) is 0 Å². The van der Waals surface area contributed by atoms with Crippen LogP contribution in [0, 0.1) is 0 Å². The van der Waals surface area contributed by atoms with E-state index in [1.165, 1.54) is 0 Å². The molecule has 0 atom stereocenters. The normalized spacial score (nSPS) is 11.1. The third-order valence-corrected chi connectivity index (χ3v) is 6.27. The Balaban J connectivity index is 1.49. The van der Waals surface area contributed by atoms with Gasteiger partial charge in [0.2, 0.25) is 15.9 Å². The fourth-order valence-corrected chi connectivity index (χ4v) is 4.10. The van der Waals surface area contributed by atoms with Crippen LogP contribution in [0.15, 0.2) is 83.8 Å². The van der Waals surface area contributed by atoms with Crippen molar-refractivity contribution in [2.24, 2.45) is 0 Å². The number of ether oxygens (including phenoxy) is 1. The number of hydrogen-bond acceptors (Lipinski definition) is 4. The van der Waals surface area contributed by atoms with Gasteiger partial charge < -0.3 is 10.1 Å². The van der Waals surface area contributed by atoms with Crippen molar-refractivity contribution in [3.05, 3.63) is 95.6 Å². The van der Waals surface area contributed by atoms with E-state index in [1.54, 1.807) is 31.4 Å². The molecule has 6 nitrogen and oxygen atoms in total. The summed E-state index contributed by atoms with van der Waals surface area (Å²) in [4.78, 5) is 12.4. The zero-order chi connectivity index (χ0) is 22.1. The van der Waals surface area contributed by atoms with Crippen LogP contribution >= 0.6 is 0 Å². The first kappa shape index (κ1) is 22.5. The van der Waals surface area contributed by atoms with Crippen molar-refractivity contribution in [2.75, 3.05) is 7.11 Å².